The molecule has 0 bridgehead atoms. The van der Waals surface area contributed by atoms with Crippen molar-refractivity contribution in [2.24, 2.45) is 0 Å². The lowest BCUT2D eigenvalue weighted by Crippen LogP contribution is -2.14. The van der Waals surface area contributed by atoms with Crippen molar-refractivity contribution in [1.29, 1.82) is 0 Å². The second-order valence-electron chi connectivity index (χ2n) is 38.5. The molecule has 9 heteroatoms. The maximum Gasteiger partial charge on any atom is 0.0980 e. The Kier molecular flexibility index (Phi) is 17.2. The third-order valence-corrected chi connectivity index (χ3v) is 30.6. The van der Waals surface area contributed by atoms with Crippen LogP contribution in [0.5, 0.6) is 0 Å². The van der Waals surface area contributed by atoms with Gasteiger partial charge < -0.3 is 22.8 Å². The molecule has 30 aromatic rings. The Hall–Kier alpha value is -18.7. The Morgan fingerprint density at radius 1 is 0.169 bits per heavy atom. The van der Waals surface area contributed by atoms with Crippen molar-refractivity contribution in [3.8, 4) is 84.6 Å². The molecular weight excluding hydrogens is 1720 g/mol. The van der Waals surface area contributed by atoms with E-state index in [0.29, 0.717) is 0 Å². The SMILES string of the molecule is CC1(C)c2ccccc2-c2c(-c3nc4ccccc4nc3-c3cccc4cc(-n5c6ccccc6c6cc7cccc(-n8c9ccccc9c9c%10ccccc%10ccc98)c7cc65)ccc34)cccc21.c1ccc(-n2c3ccccc3c3c(-c4nc5ccccc5nc4-c4cccc5cc(-n6c7ccccc7c7cc8cccc(-n9c%10ccccc%10c%10c%11ccccc%11ccc%109)c8cc76)ccc45)cccc32)cc1. The number of aromatic nitrogens is 9. The molecule has 1 aliphatic rings. The van der Waals surface area contributed by atoms with E-state index < -0.39 is 0 Å². The molecule has 31 rings (SSSR count). The Morgan fingerprint density at radius 2 is 0.500 bits per heavy atom. The Balaban J connectivity index is 0.000000133. The Labute approximate surface area is 814 Å². The van der Waals surface area contributed by atoms with Crippen LogP contribution >= 0.6 is 0 Å². The first kappa shape index (κ1) is 79.5. The average molecular weight is 1810 g/mol. The molecule has 1 aliphatic carbocycles. The van der Waals surface area contributed by atoms with Gasteiger partial charge in [0.25, 0.3) is 0 Å². The van der Waals surface area contributed by atoms with Crippen molar-refractivity contribution >= 4 is 196 Å². The van der Waals surface area contributed by atoms with Crippen molar-refractivity contribution in [3.63, 3.8) is 0 Å². The molecule has 23 aromatic carbocycles. The normalized spacial score (nSPS) is 12.6. The standard InChI is InChI=1S/C68H41N5.C65H42N4/c1-2-20-45(21-3-1)71-59-31-12-7-24-51(59)66-53(27-16-34-62(66)71)68-67(69-56-28-9-10-29-57(56)70-68)50-26-14-18-43-39-46(36-37-47(43)50)72-58-30-11-6-23-49(58)55-40-44-19-15-33-61(54(44)41-64(55)72)73-60-32-13-8-25-52(60)65-48-22-5-4-17-42(48)35-38-63(65)73;1-65(2)52-25-8-5-21-47(52)61-49(24-15-26-53(61)65)64-63(66-54-27-9-10-28-55(54)67-64)46-23-13-17-40-36-42(33-34-43(40)46)68-56-29-11-6-20-45(56)51-37-41-18-14-31-58(50(41)38-60(51)68)69-57-30-12-7-22-48(57)62-44-19-4-3-16-39(44)32-35-59(62)69/h1-41H;3-38H,1-2H3. The maximum absolute atomic E-state index is 5.51. The average Bonchev–Trinajstić information content (AvgIpc) is 1.56. The van der Waals surface area contributed by atoms with Gasteiger partial charge in [0.1, 0.15) is 0 Å². The second-order valence-corrected chi connectivity index (χ2v) is 38.5. The van der Waals surface area contributed by atoms with Crippen LogP contribution in [-0.2, 0) is 5.41 Å². The summed E-state index contributed by atoms with van der Waals surface area (Å²) < 4.78 is 12.2. The third-order valence-electron chi connectivity index (χ3n) is 30.6. The van der Waals surface area contributed by atoms with E-state index in [-0.39, 0.29) is 5.41 Å². The van der Waals surface area contributed by atoms with Gasteiger partial charge in [-0.2, -0.15) is 0 Å². The molecule has 0 saturated heterocycles. The van der Waals surface area contributed by atoms with Gasteiger partial charge in [0.15, 0.2) is 0 Å². The monoisotopic (exact) mass is 1810 g/mol. The molecule has 0 fully saturated rings. The highest BCUT2D eigenvalue weighted by molar-refractivity contribution is 6.26. The zero-order valence-electron chi connectivity index (χ0n) is 77.5. The molecular formula is C133H83N9. The molecule has 0 radical (unpaired) electrons. The number of nitrogens with zero attached hydrogens (tertiary/aromatic N) is 9. The topological polar surface area (TPSA) is 76.2 Å². The van der Waals surface area contributed by atoms with Crippen LogP contribution in [0.3, 0.4) is 0 Å². The summed E-state index contributed by atoms with van der Waals surface area (Å²) in [6, 6.07) is 170. The van der Waals surface area contributed by atoms with E-state index in [4.69, 9.17) is 19.9 Å². The minimum atomic E-state index is -0.136. The van der Waals surface area contributed by atoms with E-state index in [1.54, 1.807) is 0 Å². The predicted octanol–water partition coefficient (Wildman–Crippen LogP) is 34.6. The molecule has 142 heavy (non-hydrogen) atoms. The van der Waals surface area contributed by atoms with E-state index in [2.05, 4.69) is 492 Å². The van der Waals surface area contributed by atoms with Crippen molar-refractivity contribution in [2.75, 3.05) is 0 Å². The molecule has 9 nitrogen and oxygen atoms in total. The highest BCUT2D eigenvalue weighted by atomic mass is 15.0. The smallest absolute Gasteiger partial charge is 0.0980 e. The third kappa shape index (κ3) is 11.7. The Morgan fingerprint density at radius 3 is 1.01 bits per heavy atom. The predicted molar refractivity (Wildman–Crippen MR) is 595 cm³/mol. The first-order chi connectivity index (χ1) is 70.2. The van der Waals surface area contributed by atoms with E-state index in [0.717, 1.165) is 133 Å². The molecule has 0 saturated carbocycles. The summed E-state index contributed by atoms with van der Waals surface area (Å²) in [5.74, 6) is 0. The van der Waals surface area contributed by atoms with E-state index in [1.807, 2.05) is 12.1 Å². The summed E-state index contributed by atoms with van der Waals surface area (Å²) in [6.07, 6.45) is 0. The largest absolute Gasteiger partial charge is 0.309 e. The minimum absolute atomic E-state index is 0.136. The van der Waals surface area contributed by atoms with Crippen LogP contribution in [0, 0.1) is 0 Å². The summed E-state index contributed by atoms with van der Waals surface area (Å²) in [6.45, 7) is 4.67. The van der Waals surface area contributed by atoms with Crippen molar-refractivity contribution < 1.29 is 0 Å². The summed E-state index contributed by atoms with van der Waals surface area (Å²) >= 11 is 0. The van der Waals surface area contributed by atoms with Gasteiger partial charge in [-0.25, -0.2) is 19.9 Å². The van der Waals surface area contributed by atoms with Gasteiger partial charge in [0.05, 0.1) is 111 Å². The lowest BCUT2D eigenvalue weighted by Gasteiger charge is -2.21. The van der Waals surface area contributed by atoms with Crippen molar-refractivity contribution in [2.45, 2.75) is 19.3 Å². The quantitative estimate of drug-likeness (QED) is 0.144. The summed E-state index contributed by atoms with van der Waals surface area (Å²) in [7, 11) is 0. The van der Waals surface area contributed by atoms with Gasteiger partial charge in [-0.05, 0) is 222 Å². The molecule has 0 unspecified atom stereocenters. The summed E-state index contributed by atoms with van der Waals surface area (Å²) in [5.41, 5.74) is 33.7. The maximum atomic E-state index is 5.51. The highest BCUT2D eigenvalue weighted by Gasteiger charge is 2.38. The fourth-order valence-corrected chi connectivity index (χ4v) is 24.4. The number of para-hydroxylation sites is 10. The van der Waals surface area contributed by atoms with Gasteiger partial charge in [0, 0.05) is 109 Å². The van der Waals surface area contributed by atoms with E-state index in [9.17, 15) is 0 Å². The van der Waals surface area contributed by atoms with Gasteiger partial charge >= 0.3 is 0 Å². The Bertz CT molecular complexity index is 10700. The minimum Gasteiger partial charge on any atom is -0.309 e. The number of rotatable bonds is 9. The summed E-state index contributed by atoms with van der Waals surface area (Å²) in [5, 5.41) is 26.7. The van der Waals surface area contributed by atoms with Gasteiger partial charge in [-0.15, -0.1) is 0 Å². The molecule has 0 aliphatic heterocycles. The van der Waals surface area contributed by atoms with Crippen LogP contribution in [0.4, 0.5) is 0 Å². The molecule has 0 amide bonds. The zero-order valence-corrected chi connectivity index (χ0v) is 77.5. The molecule has 7 heterocycles. The van der Waals surface area contributed by atoms with Crippen LogP contribution in [-0.4, -0.2) is 42.8 Å². The van der Waals surface area contributed by atoms with E-state index >= 15 is 0 Å². The fourth-order valence-electron chi connectivity index (χ4n) is 24.4. The fraction of sp³-hybridized carbons (Fsp3) is 0.0226. The number of hydrogen-bond acceptors (Lipinski definition) is 4. The summed E-state index contributed by atoms with van der Waals surface area (Å²) in [4.78, 5) is 22.0. The molecule has 660 valence electrons. The molecule has 0 spiro atoms. The molecule has 0 N–H and O–H groups in total. The van der Waals surface area contributed by atoms with E-state index in [1.165, 1.54) is 158 Å². The van der Waals surface area contributed by atoms with Crippen molar-refractivity contribution in [3.05, 3.63) is 478 Å². The van der Waals surface area contributed by atoms with Crippen LogP contribution in [0.15, 0.2) is 467 Å². The lowest BCUT2D eigenvalue weighted by atomic mass is 9.82. The number of fused-ring (bicyclic) bond motifs is 28. The van der Waals surface area contributed by atoms with Crippen LogP contribution in [0.2, 0.25) is 0 Å². The van der Waals surface area contributed by atoms with Crippen LogP contribution in [0.1, 0.15) is 25.0 Å². The van der Waals surface area contributed by atoms with Crippen LogP contribution in [0.25, 0.3) is 280 Å². The first-order valence-electron chi connectivity index (χ1n) is 48.9. The number of hydrogen-bond donors (Lipinski definition) is 0. The van der Waals surface area contributed by atoms with Gasteiger partial charge in [-0.3, -0.25) is 0 Å². The lowest BCUT2D eigenvalue weighted by molar-refractivity contribution is 0.660. The van der Waals surface area contributed by atoms with Crippen molar-refractivity contribution in [1.82, 2.24) is 42.8 Å². The highest BCUT2D eigenvalue weighted by Crippen LogP contribution is 2.55. The number of benzene rings is 23. The second kappa shape index (κ2) is 30.7. The van der Waals surface area contributed by atoms with Gasteiger partial charge in [-0.1, -0.05) is 335 Å². The molecule has 0 atom stereocenters. The van der Waals surface area contributed by atoms with Crippen LogP contribution < -0.4 is 0 Å². The first-order valence-corrected chi connectivity index (χ1v) is 48.9. The van der Waals surface area contributed by atoms with Gasteiger partial charge in [0.2, 0.25) is 0 Å². The zero-order chi connectivity index (χ0) is 93.3. The molecule has 7 aromatic heterocycles.